The Labute approximate surface area is 128 Å². The Balaban J connectivity index is 2.32. The number of hydrogen-bond acceptors (Lipinski definition) is 3. The number of hydrogen-bond donors (Lipinski definition) is 1. The molecule has 0 radical (unpaired) electrons. The molecule has 1 atom stereocenters. The van der Waals surface area contributed by atoms with Gasteiger partial charge in [0.15, 0.2) is 11.5 Å². The van der Waals surface area contributed by atoms with Gasteiger partial charge in [0.25, 0.3) is 0 Å². The lowest BCUT2D eigenvalue weighted by Crippen LogP contribution is -2.15. The quantitative estimate of drug-likeness (QED) is 0.915. The molecule has 2 aromatic rings. The van der Waals surface area contributed by atoms with Gasteiger partial charge in [-0.15, -0.1) is 0 Å². The van der Waals surface area contributed by atoms with E-state index in [0.717, 1.165) is 5.56 Å². The van der Waals surface area contributed by atoms with Crippen molar-refractivity contribution in [1.82, 2.24) is 0 Å². The predicted octanol–water partition coefficient (Wildman–Crippen LogP) is 3.74. The van der Waals surface area contributed by atoms with Gasteiger partial charge in [0.05, 0.1) is 14.2 Å². The van der Waals surface area contributed by atoms with Gasteiger partial charge < -0.3 is 15.2 Å². The molecule has 112 valence electrons. The Kier molecular flexibility index (Phi) is 5.04. The maximum atomic E-state index is 13.3. The lowest BCUT2D eigenvalue weighted by atomic mass is 9.98. The smallest absolute Gasteiger partial charge is 0.165 e. The minimum absolute atomic E-state index is 0.334. The highest BCUT2D eigenvalue weighted by molar-refractivity contribution is 6.31. The van der Waals surface area contributed by atoms with Crippen molar-refractivity contribution in [2.45, 2.75) is 12.5 Å². The summed E-state index contributed by atoms with van der Waals surface area (Å²) in [5.41, 5.74) is 7.68. The Morgan fingerprint density at radius 2 is 1.95 bits per heavy atom. The van der Waals surface area contributed by atoms with Crippen molar-refractivity contribution in [1.29, 1.82) is 0 Å². The van der Waals surface area contributed by atoms with Gasteiger partial charge in [-0.05, 0) is 36.2 Å². The third kappa shape index (κ3) is 3.46. The Hall–Kier alpha value is -1.78. The van der Waals surface area contributed by atoms with E-state index >= 15 is 0 Å². The zero-order valence-electron chi connectivity index (χ0n) is 11.9. The van der Waals surface area contributed by atoms with E-state index in [1.54, 1.807) is 20.3 Å². The molecule has 0 fully saturated rings. The Bertz CT molecular complexity index is 634. The second-order valence-electron chi connectivity index (χ2n) is 4.63. The standard InChI is InChI=1S/C16H17ClFNO2/c1-20-15-5-3-4-12(16(15)21-2)14(19)9-10-8-11(18)6-7-13(10)17/h3-8,14H,9,19H2,1-2H3. The van der Waals surface area contributed by atoms with Gasteiger partial charge in [-0.25, -0.2) is 4.39 Å². The minimum atomic E-state index is -0.380. The lowest BCUT2D eigenvalue weighted by molar-refractivity contribution is 0.349. The van der Waals surface area contributed by atoms with Gasteiger partial charge in [0, 0.05) is 16.6 Å². The molecule has 0 saturated heterocycles. The molecule has 21 heavy (non-hydrogen) atoms. The van der Waals surface area contributed by atoms with Crippen LogP contribution in [-0.4, -0.2) is 14.2 Å². The van der Waals surface area contributed by atoms with Crippen LogP contribution >= 0.6 is 11.6 Å². The SMILES string of the molecule is COc1cccc(C(N)Cc2cc(F)ccc2Cl)c1OC. The topological polar surface area (TPSA) is 44.5 Å². The summed E-state index contributed by atoms with van der Waals surface area (Å²) >= 11 is 6.08. The third-order valence-electron chi connectivity index (χ3n) is 3.28. The van der Waals surface area contributed by atoms with Crippen LogP contribution in [0.4, 0.5) is 4.39 Å². The molecule has 2 rings (SSSR count). The van der Waals surface area contributed by atoms with Gasteiger partial charge in [0.2, 0.25) is 0 Å². The van der Waals surface area contributed by atoms with Crippen LogP contribution in [0.15, 0.2) is 36.4 Å². The van der Waals surface area contributed by atoms with Crippen molar-refractivity contribution >= 4 is 11.6 Å². The van der Waals surface area contributed by atoms with Gasteiger partial charge >= 0.3 is 0 Å². The third-order valence-corrected chi connectivity index (χ3v) is 3.65. The molecule has 0 aromatic heterocycles. The molecule has 1 unspecified atom stereocenters. The summed E-state index contributed by atoms with van der Waals surface area (Å²) in [5.74, 6) is 0.857. The first-order valence-corrected chi connectivity index (χ1v) is 6.85. The molecular weight excluding hydrogens is 293 g/mol. The van der Waals surface area contributed by atoms with Crippen molar-refractivity contribution in [2.24, 2.45) is 5.73 Å². The molecule has 0 aliphatic carbocycles. The van der Waals surface area contributed by atoms with Crippen molar-refractivity contribution in [3.63, 3.8) is 0 Å². The predicted molar refractivity (Wildman–Crippen MR) is 81.6 cm³/mol. The number of halogens is 2. The van der Waals surface area contributed by atoms with E-state index in [1.807, 2.05) is 12.1 Å². The first kappa shape index (κ1) is 15.6. The van der Waals surface area contributed by atoms with E-state index in [0.29, 0.717) is 28.5 Å². The van der Waals surface area contributed by atoms with Gasteiger partial charge in [-0.2, -0.15) is 0 Å². The summed E-state index contributed by atoms with van der Waals surface area (Å²) in [4.78, 5) is 0. The highest BCUT2D eigenvalue weighted by Crippen LogP contribution is 2.35. The van der Waals surface area contributed by atoms with Crippen LogP contribution in [0.1, 0.15) is 17.2 Å². The number of ether oxygens (including phenoxy) is 2. The fourth-order valence-corrected chi connectivity index (χ4v) is 2.45. The van der Waals surface area contributed by atoms with Gasteiger partial charge in [-0.1, -0.05) is 23.7 Å². The van der Waals surface area contributed by atoms with Crippen molar-refractivity contribution in [3.05, 3.63) is 58.4 Å². The summed E-state index contributed by atoms with van der Waals surface area (Å²) in [6.07, 6.45) is 0.403. The molecule has 0 amide bonds. The second kappa shape index (κ2) is 6.78. The number of para-hydroxylation sites is 1. The van der Waals surface area contributed by atoms with E-state index in [1.165, 1.54) is 18.2 Å². The number of benzene rings is 2. The number of rotatable bonds is 5. The highest BCUT2D eigenvalue weighted by atomic mass is 35.5. The summed E-state index contributed by atoms with van der Waals surface area (Å²) in [7, 11) is 3.12. The van der Waals surface area contributed by atoms with Crippen molar-refractivity contribution < 1.29 is 13.9 Å². The maximum Gasteiger partial charge on any atom is 0.165 e. The molecule has 2 N–H and O–H groups in total. The molecule has 3 nitrogen and oxygen atoms in total. The number of methoxy groups -OCH3 is 2. The first-order chi connectivity index (χ1) is 10.1. The zero-order chi connectivity index (χ0) is 15.4. The molecule has 0 spiro atoms. The molecule has 0 heterocycles. The van der Waals surface area contributed by atoms with Gasteiger partial charge in [0.1, 0.15) is 5.82 Å². The lowest BCUT2D eigenvalue weighted by Gasteiger charge is -2.18. The fourth-order valence-electron chi connectivity index (χ4n) is 2.25. The van der Waals surface area contributed by atoms with Crippen LogP contribution in [-0.2, 0) is 6.42 Å². The molecular formula is C16H17ClFNO2. The van der Waals surface area contributed by atoms with Crippen molar-refractivity contribution in [3.8, 4) is 11.5 Å². The van der Waals surface area contributed by atoms with Crippen molar-refractivity contribution in [2.75, 3.05) is 14.2 Å². The molecule has 0 aliphatic rings. The average molecular weight is 310 g/mol. The Morgan fingerprint density at radius 3 is 2.62 bits per heavy atom. The number of nitrogens with two attached hydrogens (primary N) is 1. The summed E-state index contributed by atoms with van der Waals surface area (Å²) in [6, 6.07) is 9.36. The van der Waals surface area contributed by atoms with E-state index in [-0.39, 0.29) is 11.9 Å². The van der Waals surface area contributed by atoms with Crippen LogP contribution in [0.25, 0.3) is 0 Å². The summed E-state index contributed by atoms with van der Waals surface area (Å²) in [6.45, 7) is 0. The van der Waals surface area contributed by atoms with E-state index < -0.39 is 0 Å². The summed E-state index contributed by atoms with van der Waals surface area (Å²) in [5, 5.41) is 0.494. The highest BCUT2D eigenvalue weighted by Gasteiger charge is 2.17. The largest absolute Gasteiger partial charge is 0.493 e. The van der Waals surface area contributed by atoms with E-state index in [2.05, 4.69) is 0 Å². The minimum Gasteiger partial charge on any atom is -0.493 e. The molecule has 0 saturated carbocycles. The summed E-state index contributed by atoms with van der Waals surface area (Å²) < 4.78 is 23.9. The molecule has 0 aliphatic heterocycles. The van der Waals surface area contributed by atoms with Crippen LogP contribution < -0.4 is 15.2 Å². The average Bonchev–Trinajstić information content (AvgIpc) is 2.49. The van der Waals surface area contributed by atoms with Gasteiger partial charge in [-0.3, -0.25) is 0 Å². The van der Waals surface area contributed by atoms with Crippen LogP contribution in [0.2, 0.25) is 5.02 Å². The van der Waals surface area contributed by atoms with E-state index in [4.69, 9.17) is 26.8 Å². The normalized spacial score (nSPS) is 12.0. The maximum absolute atomic E-state index is 13.3. The van der Waals surface area contributed by atoms with Crippen LogP contribution in [0.5, 0.6) is 11.5 Å². The van der Waals surface area contributed by atoms with Crippen LogP contribution in [0.3, 0.4) is 0 Å². The first-order valence-electron chi connectivity index (χ1n) is 6.47. The Morgan fingerprint density at radius 1 is 1.19 bits per heavy atom. The molecule has 0 bridgehead atoms. The molecule has 5 heteroatoms. The molecule has 2 aromatic carbocycles. The monoisotopic (exact) mass is 309 g/mol. The van der Waals surface area contributed by atoms with Crippen LogP contribution in [0, 0.1) is 5.82 Å². The zero-order valence-corrected chi connectivity index (χ0v) is 12.7. The fraction of sp³-hybridized carbons (Fsp3) is 0.250. The van der Waals surface area contributed by atoms with E-state index in [9.17, 15) is 4.39 Å². The second-order valence-corrected chi connectivity index (χ2v) is 5.04.